The summed E-state index contributed by atoms with van der Waals surface area (Å²) in [5, 5.41) is 0. The molecule has 0 fully saturated rings. The van der Waals surface area contributed by atoms with Crippen LogP contribution in [-0.2, 0) is 6.42 Å². The van der Waals surface area contributed by atoms with Crippen LogP contribution >= 0.6 is 0 Å². The lowest BCUT2D eigenvalue weighted by atomic mass is 10.2. The predicted molar refractivity (Wildman–Crippen MR) is 39.2 cm³/mol. The van der Waals surface area contributed by atoms with Gasteiger partial charge in [0, 0.05) is 5.56 Å². The molecule has 0 unspecified atom stereocenters. The molecule has 1 heterocycles. The Bertz CT molecular complexity index is 291. The lowest BCUT2D eigenvalue weighted by molar-refractivity contribution is 1.11. The minimum Gasteiger partial charge on any atom is -0.383 e. The van der Waals surface area contributed by atoms with Gasteiger partial charge in [-0.05, 0) is 12.5 Å². The maximum Gasteiger partial charge on any atom is 0.130 e. The molecule has 0 amide bonds. The van der Waals surface area contributed by atoms with Gasteiger partial charge in [-0.1, -0.05) is 6.08 Å². The van der Waals surface area contributed by atoms with Crippen molar-refractivity contribution >= 4 is 11.9 Å². The van der Waals surface area contributed by atoms with Crippen LogP contribution in [0.1, 0.15) is 11.3 Å². The third-order valence-electron chi connectivity index (χ3n) is 1.61. The van der Waals surface area contributed by atoms with E-state index in [1.165, 1.54) is 6.33 Å². The normalized spacial score (nSPS) is 13.6. The van der Waals surface area contributed by atoms with Crippen LogP contribution in [0, 0.1) is 0 Å². The summed E-state index contributed by atoms with van der Waals surface area (Å²) in [4.78, 5) is 7.92. The van der Waals surface area contributed by atoms with Crippen LogP contribution < -0.4 is 5.73 Å². The van der Waals surface area contributed by atoms with Gasteiger partial charge in [0.1, 0.15) is 12.1 Å². The molecular formula is C7H7N3. The van der Waals surface area contributed by atoms with Gasteiger partial charge in [0.2, 0.25) is 0 Å². The lowest BCUT2D eigenvalue weighted by Crippen LogP contribution is -1.98. The number of nitrogens with two attached hydrogens (primary N) is 1. The highest BCUT2D eigenvalue weighted by molar-refractivity contribution is 5.61. The molecule has 1 aromatic rings. The number of anilines is 1. The van der Waals surface area contributed by atoms with E-state index in [9.17, 15) is 0 Å². The lowest BCUT2D eigenvalue weighted by Gasteiger charge is -1.98. The standard InChI is InChI=1S/C7H7N3/c8-7-5-2-1-3-6(5)9-4-10-7/h1,3-4H,2H2,(H2,8,9,10). The largest absolute Gasteiger partial charge is 0.383 e. The van der Waals surface area contributed by atoms with Gasteiger partial charge in [-0.15, -0.1) is 0 Å². The minimum atomic E-state index is 0.606. The second-order valence-electron chi connectivity index (χ2n) is 2.23. The van der Waals surface area contributed by atoms with Crippen molar-refractivity contribution in [2.45, 2.75) is 6.42 Å². The predicted octanol–water partition coefficient (Wildman–Crippen LogP) is 0.628. The fourth-order valence-electron chi connectivity index (χ4n) is 1.08. The second kappa shape index (κ2) is 1.80. The van der Waals surface area contributed by atoms with Gasteiger partial charge < -0.3 is 5.73 Å². The molecule has 0 radical (unpaired) electrons. The van der Waals surface area contributed by atoms with Crippen molar-refractivity contribution < 1.29 is 0 Å². The molecule has 1 aliphatic rings. The van der Waals surface area contributed by atoms with Crippen molar-refractivity contribution in [2.24, 2.45) is 0 Å². The van der Waals surface area contributed by atoms with E-state index in [4.69, 9.17) is 5.73 Å². The Hall–Kier alpha value is -1.38. The number of hydrogen-bond acceptors (Lipinski definition) is 3. The van der Waals surface area contributed by atoms with Crippen molar-refractivity contribution in [3.8, 4) is 0 Å². The third-order valence-corrected chi connectivity index (χ3v) is 1.61. The molecule has 1 aromatic heterocycles. The summed E-state index contributed by atoms with van der Waals surface area (Å²) in [6.07, 6.45) is 6.37. The zero-order valence-electron chi connectivity index (χ0n) is 5.41. The molecule has 3 heteroatoms. The number of nitrogens with zero attached hydrogens (tertiary/aromatic N) is 2. The molecule has 0 bridgehead atoms. The Kier molecular flexibility index (Phi) is 0.974. The van der Waals surface area contributed by atoms with Crippen LogP contribution in [-0.4, -0.2) is 9.97 Å². The molecule has 10 heavy (non-hydrogen) atoms. The molecule has 0 saturated carbocycles. The van der Waals surface area contributed by atoms with Gasteiger partial charge >= 0.3 is 0 Å². The summed E-state index contributed by atoms with van der Waals surface area (Å²) in [6, 6.07) is 0. The highest BCUT2D eigenvalue weighted by Crippen LogP contribution is 2.19. The molecule has 0 aliphatic heterocycles. The number of aromatic nitrogens is 2. The fraction of sp³-hybridized carbons (Fsp3) is 0.143. The van der Waals surface area contributed by atoms with Gasteiger partial charge in [-0.3, -0.25) is 0 Å². The Balaban J connectivity index is 2.66. The minimum absolute atomic E-state index is 0.606. The van der Waals surface area contributed by atoms with Gasteiger partial charge in [-0.25, -0.2) is 9.97 Å². The highest BCUT2D eigenvalue weighted by Gasteiger charge is 2.08. The van der Waals surface area contributed by atoms with Crippen LogP contribution in [0.5, 0.6) is 0 Å². The molecular weight excluding hydrogens is 126 g/mol. The van der Waals surface area contributed by atoms with Gasteiger partial charge in [0.05, 0.1) is 5.69 Å². The first kappa shape index (κ1) is 5.41. The monoisotopic (exact) mass is 133 g/mol. The zero-order valence-corrected chi connectivity index (χ0v) is 5.41. The van der Waals surface area contributed by atoms with Crippen LogP contribution in [0.3, 0.4) is 0 Å². The smallest absolute Gasteiger partial charge is 0.130 e. The van der Waals surface area contributed by atoms with Crippen molar-refractivity contribution in [3.63, 3.8) is 0 Å². The molecule has 1 aliphatic carbocycles. The van der Waals surface area contributed by atoms with Crippen molar-refractivity contribution in [2.75, 3.05) is 5.73 Å². The average molecular weight is 133 g/mol. The van der Waals surface area contributed by atoms with E-state index in [-0.39, 0.29) is 0 Å². The number of rotatable bonds is 0. The van der Waals surface area contributed by atoms with E-state index in [0.29, 0.717) is 5.82 Å². The van der Waals surface area contributed by atoms with Gasteiger partial charge in [0.15, 0.2) is 0 Å². The Morgan fingerprint density at radius 3 is 3.10 bits per heavy atom. The summed E-state index contributed by atoms with van der Waals surface area (Å²) < 4.78 is 0. The Morgan fingerprint density at radius 1 is 1.40 bits per heavy atom. The SMILES string of the molecule is Nc1ncnc2c1CC=C2. The van der Waals surface area contributed by atoms with Crippen molar-refractivity contribution in [3.05, 3.63) is 23.7 Å². The average Bonchev–Trinajstić information content (AvgIpc) is 2.36. The first-order valence-corrected chi connectivity index (χ1v) is 3.14. The Morgan fingerprint density at radius 2 is 2.30 bits per heavy atom. The van der Waals surface area contributed by atoms with Crippen LogP contribution in [0.15, 0.2) is 12.4 Å². The van der Waals surface area contributed by atoms with Crippen LogP contribution in [0.2, 0.25) is 0 Å². The van der Waals surface area contributed by atoms with E-state index < -0.39 is 0 Å². The molecule has 0 atom stereocenters. The molecule has 0 saturated heterocycles. The maximum absolute atomic E-state index is 5.58. The molecule has 50 valence electrons. The van der Waals surface area contributed by atoms with E-state index in [2.05, 4.69) is 9.97 Å². The molecule has 0 aromatic carbocycles. The van der Waals surface area contributed by atoms with E-state index in [0.717, 1.165) is 17.7 Å². The molecule has 3 nitrogen and oxygen atoms in total. The summed E-state index contributed by atoms with van der Waals surface area (Å²) in [7, 11) is 0. The van der Waals surface area contributed by atoms with Gasteiger partial charge in [-0.2, -0.15) is 0 Å². The second-order valence-corrected chi connectivity index (χ2v) is 2.23. The Labute approximate surface area is 58.6 Å². The fourth-order valence-corrected chi connectivity index (χ4v) is 1.08. The van der Waals surface area contributed by atoms with Crippen molar-refractivity contribution in [1.29, 1.82) is 0 Å². The van der Waals surface area contributed by atoms with E-state index in [1.807, 2.05) is 12.2 Å². The summed E-state index contributed by atoms with van der Waals surface area (Å²) in [5.74, 6) is 0.606. The zero-order chi connectivity index (χ0) is 6.97. The molecule has 2 rings (SSSR count). The topological polar surface area (TPSA) is 51.8 Å². The molecule has 2 N–H and O–H groups in total. The summed E-state index contributed by atoms with van der Waals surface area (Å²) >= 11 is 0. The number of nitrogen functional groups attached to an aromatic ring is 1. The van der Waals surface area contributed by atoms with Gasteiger partial charge in [0.25, 0.3) is 0 Å². The van der Waals surface area contributed by atoms with E-state index >= 15 is 0 Å². The summed E-state index contributed by atoms with van der Waals surface area (Å²) in [6.45, 7) is 0. The first-order chi connectivity index (χ1) is 4.88. The van der Waals surface area contributed by atoms with Crippen molar-refractivity contribution in [1.82, 2.24) is 9.97 Å². The quantitative estimate of drug-likeness (QED) is 0.564. The highest BCUT2D eigenvalue weighted by atomic mass is 14.9. The number of hydrogen-bond donors (Lipinski definition) is 1. The first-order valence-electron chi connectivity index (χ1n) is 3.14. The summed E-state index contributed by atoms with van der Waals surface area (Å²) in [5.41, 5.74) is 7.60. The number of fused-ring (bicyclic) bond motifs is 1. The maximum atomic E-state index is 5.58. The van der Waals surface area contributed by atoms with E-state index in [1.54, 1.807) is 0 Å². The van der Waals surface area contributed by atoms with Crippen LogP contribution in [0.25, 0.3) is 6.08 Å². The molecule has 0 spiro atoms. The third kappa shape index (κ3) is 0.603. The number of allylic oxidation sites excluding steroid dienone is 1. The van der Waals surface area contributed by atoms with Crippen LogP contribution in [0.4, 0.5) is 5.82 Å².